The van der Waals surface area contributed by atoms with Gasteiger partial charge in [0.2, 0.25) is 0 Å². The van der Waals surface area contributed by atoms with Gasteiger partial charge in [0.25, 0.3) is 11.6 Å². The smallest absolute Gasteiger partial charge is 0.325 e. The van der Waals surface area contributed by atoms with Crippen LogP contribution in [0.3, 0.4) is 0 Å². The lowest BCUT2D eigenvalue weighted by Gasteiger charge is -2.20. The van der Waals surface area contributed by atoms with E-state index >= 15 is 0 Å². The second-order valence-electron chi connectivity index (χ2n) is 4.86. The van der Waals surface area contributed by atoms with Gasteiger partial charge < -0.3 is 15.7 Å². The molecule has 1 atom stereocenters. The molecule has 1 fully saturated rings. The third-order valence-electron chi connectivity index (χ3n) is 3.40. The number of hydrogen-bond acceptors (Lipinski definition) is 5. The Morgan fingerprint density at radius 1 is 1.48 bits per heavy atom. The number of halogens is 1. The van der Waals surface area contributed by atoms with Crippen LogP contribution in [0.25, 0.3) is 0 Å². The van der Waals surface area contributed by atoms with Crippen molar-refractivity contribution in [1.29, 1.82) is 0 Å². The lowest BCUT2D eigenvalue weighted by atomic mass is 10.0. The van der Waals surface area contributed by atoms with Crippen LogP contribution in [0.4, 0.5) is 10.1 Å². The van der Waals surface area contributed by atoms with E-state index in [1.54, 1.807) is 0 Å². The zero-order chi connectivity index (χ0) is 15.8. The molecule has 112 valence electrons. The van der Waals surface area contributed by atoms with Crippen molar-refractivity contribution in [3.63, 3.8) is 0 Å². The van der Waals surface area contributed by atoms with E-state index in [4.69, 9.17) is 10.8 Å². The summed E-state index contributed by atoms with van der Waals surface area (Å²) in [5.41, 5.74) is 3.12. The molecule has 1 aliphatic heterocycles. The largest absolute Gasteiger partial charge is 0.480 e. The van der Waals surface area contributed by atoms with Crippen LogP contribution >= 0.6 is 0 Å². The van der Waals surface area contributed by atoms with E-state index in [9.17, 15) is 24.1 Å². The number of aliphatic carboxylic acids is 1. The quantitative estimate of drug-likeness (QED) is 0.612. The van der Waals surface area contributed by atoms with Gasteiger partial charge in [0.1, 0.15) is 16.9 Å². The van der Waals surface area contributed by atoms with Gasteiger partial charge in [0.15, 0.2) is 0 Å². The Bertz CT molecular complexity index is 635. The molecule has 9 heteroatoms. The van der Waals surface area contributed by atoms with Crippen molar-refractivity contribution in [2.24, 2.45) is 5.73 Å². The molecule has 1 saturated heterocycles. The van der Waals surface area contributed by atoms with E-state index in [1.807, 2.05) is 0 Å². The average molecular weight is 297 g/mol. The van der Waals surface area contributed by atoms with Gasteiger partial charge >= 0.3 is 5.97 Å². The number of nitrogens with two attached hydrogens (primary N) is 1. The van der Waals surface area contributed by atoms with E-state index in [0.717, 1.165) is 17.0 Å². The molecular formula is C12H12FN3O5. The van der Waals surface area contributed by atoms with E-state index in [-0.39, 0.29) is 25.1 Å². The van der Waals surface area contributed by atoms with Crippen LogP contribution in [-0.4, -0.2) is 45.4 Å². The van der Waals surface area contributed by atoms with E-state index in [1.165, 1.54) is 0 Å². The third-order valence-corrected chi connectivity index (χ3v) is 3.40. The second-order valence-corrected chi connectivity index (χ2v) is 4.86. The predicted molar refractivity (Wildman–Crippen MR) is 68.1 cm³/mol. The Morgan fingerprint density at radius 2 is 2.14 bits per heavy atom. The molecule has 3 N–H and O–H groups in total. The average Bonchev–Trinajstić information content (AvgIpc) is 2.82. The molecule has 21 heavy (non-hydrogen) atoms. The topological polar surface area (TPSA) is 127 Å². The number of likely N-dealkylation sites (tertiary alicyclic amines) is 1. The Morgan fingerprint density at radius 3 is 2.67 bits per heavy atom. The number of hydrogen-bond donors (Lipinski definition) is 2. The van der Waals surface area contributed by atoms with Crippen molar-refractivity contribution < 1.29 is 24.0 Å². The van der Waals surface area contributed by atoms with E-state index in [2.05, 4.69) is 0 Å². The normalized spacial score (nSPS) is 21.3. The van der Waals surface area contributed by atoms with Crippen LogP contribution < -0.4 is 5.73 Å². The molecule has 0 aromatic heterocycles. The summed E-state index contributed by atoms with van der Waals surface area (Å²) in [7, 11) is 0. The maximum atomic E-state index is 13.1. The minimum absolute atomic E-state index is 0.0447. The fourth-order valence-corrected chi connectivity index (χ4v) is 2.19. The number of carboxylic acids is 1. The van der Waals surface area contributed by atoms with Crippen LogP contribution in [-0.2, 0) is 4.79 Å². The van der Waals surface area contributed by atoms with E-state index in [0.29, 0.717) is 6.07 Å². The molecule has 1 aromatic rings. The van der Waals surface area contributed by atoms with Gasteiger partial charge in [0.05, 0.1) is 11.0 Å². The zero-order valence-electron chi connectivity index (χ0n) is 10.8. The number of carbonyl (C=O) groups is 2. The van der Waals surface area contributed by atoms with Crippen molar-refractivity contribution in [3.05, 3.63) is 39.7 Å². The number of carboxylic acid groups (broad SMARTS) is 1. The number of nitro groups is 1. The van der Waals surface area contributed by atoms with Crippen LogP contribution in [0.2, 0.25) is 0 Å². The first-order chi connectivity index (χ1) is 9.74. The maximum Gasteiger partial charge on any atom is 0.325 e. The molecule has 2 rings (SSSR count). The summed E-state index contributed by atoms with van der Waals surface area (Å²) in [6.07, 6.45) is 0.0447. The first kappa shape index (κ1) is 14.9. The van der Waals surface area contributed by atoms with Gasteiger partial charge in [-0.25, -0.2) is 4.39 Å². The molecule has 1 unspecified atom stereocenters. The van der Waals surface area contributed by atoms with Crippen LogP contribution in [0.5, 0.6) is 0 Å². The van der Waals surface area contributed by atoms with Crippen molar-refractivity contribution >= 4 is 17.6 Å². The standard InChI is InChI=1S/C12H12FN3O5/c13-7-1-2-8(9(5-7)16(20)21)10(17)15-4-3-12(14,6-15)11(18)19/h1-2,5H,3-4,6,14H2,(H,18,19). The number of amides is 1. The lowest BCUT2D eigenvalue weighted by molar-refractivity contribution is -0.385. The first-order valence-electron chi connectivity index (χ1n) is 6.00. The lowest BCUT2D eigenvalue weighted by Crippen LogP contribution is -2.50. The molecule has 0 bridgehead atoms. The highest BCUT2D eigenvalue weighted by atomic mass is 19.1. The summed E-state index contributed by atoms with van der Waals surface area (Å²) >= 11 is 0. The fourth-order valence-electron chi connectivity index (χ4n) is 2.19. The predicted octanol–water partition coefficient (Wildman–Crippen LogP) is 0.362. The fraction of sp³-hybridized carbons (Fsp3) is 0.333. The van der Waals surface area contributed by atoms with Crippen molar-refractivity contribution in [1.82, 2.24) is 4.90 Å². The summed E-state index contributed by atoms with van der Waals surface area (Å²) < 4.78 is 13.1. The minimum Gasteiger partial charge on any atom is -0.480 e. The van der Waals surface area contributed by atoms with Gasteiger partial charge in [-0.05, 0) is 18.6 Å². The highest BCUT2D eigenvalue weighted by Crippen LogP contribution is 2.25. The molecule has 0 saturated carbocycles. The number of benzene rings is 1. The van der Waals surface area contributed by atoms with Gasteiger partial charge in [-0.1, -0.05) is 0 Å². The van der Waals surface area contributed by atoms with E-state index < -0.39 is 33.8 Å². The number of nitrogens with zero attached hydrogens (tertiary/aromatic N) is 2. The second kappa shape index (κ2) is 5.09. The SMILES string of the molecule is NC1(C(=O)O)CCN(C(=O)c2ccc(F)cc2[N+](=O)[O-])C1. The molecule has 1 aliphatic rings. The minimum atomic E-state index is -1.57. The summed E-state index contributed by atoms with van der Waals surface area (Å²) in [6, 6.07) is 2.59. The number of rotatable bonds is 3. The Balaban J connectivity index is 2.30. The number of carbonyl (C=O) groups excluding carboxylic acids is 1. The van der Waals surface area contributed by atoms with Gasteiger partial charge in [-0.2, -0.15) is 0 Å². The Hall–Kier alpha value is -2.55. The van der Waals surface area contributed by atoms with Crippen molar-refractivity contribution in [3.8, 4) is 0 Å². The summed E-state index contributed by atoms with van der Waals surface area (Å²) in [5, 5.41) is 19.9. The zero-order valence-corrected chi connectivity index (χ0v) is 10.8. The highest BCUT2D eigenvalue weighted by Gasteiger charge is 2.43. The summed E-state index contributed by atoms with van der Waals surface area (Å²) in [6.45, 7) is -0.189. The molecule has 8 nitrogen and oxygen atoms in total. The molecular weight excluding hydrogens is 285 g/mol. The first-order valence-corrected chi connectivity index (χ1v) is 6.00. The van der Waals surface area contributed by atoms with Crippen LogP contribution in [0, 0.1) is 15.9 Å². The highest BCUT2D eigenvalue weighted by molar-refractivity contribution is 5.99. The van der Waals surface area contributed by atoms with Crippen LogP contribution in [0.15, 0.2) is 18.2 Å². The molecule has 0 spiro atoms. The summed E-state index contributed by atoms with van der Waals surface area (Å²) in [5.74, 6) is -2.82. The summed E-state index contributed by atoms with van der Waals surface area (Å²) in [4.78, 5) is 34.4. The molecule has 1 heterocycles. The molecule has 0 radical (unpaired) electrons. The van der Waals surface area contributed by atoms with Crippen molar-refractivity contribution in [2.75, 3.05) is 13.1 Å². The molecule has 1 aromatic carbocycles. The Labute approximate surface area is 118 Å². The van der Waals surface area contributed by atoms with Gasteiger partial charge in [0, 0.05) is 13.1 Å². The maximum absolute atomic E-state index is 13.1. The molecule has 0 aliphatic carbocycles. The monoisotopic (exact) mass is 297 g/mol. The Kier molecular flexibility index (Phi) is 3.60. The third kappa shape index (κ3) is 2.68. The van der Waals surface area contributed by atoms with Gasteiger partial charge in [-0.15, -0.1) is 0 Å². The molecule has 1 amide bonds. The van der Waals surface area contributed by atoms with Crippen LogP contribution in [0.1, 0.15) is 16.8 Å². The number of nitro benzene ring substituents is 1. The van der Waals surface area contributed by atoms with Crippen molar-refractivity contribution in [2.45, 2.75) is 12.0 Å². The van der Waals surface area contributed by atoms with Gasteiger partial charge in [-0.3, -0.25) is 19.7 Å².